The number of nitrogen functional groups attached to an aromatic ring is 2. The third-order valence-electron chi connectivity index (χ3n) is 2.24. The van der Waals surface area contributed by atoms with Crippen molar-refractivity contribution in [3.05, 3.63) is 23.3 Å². The van der Waals surface area contributed by atoms with E-state index in [1.807, 2.05) is 12.1 Å². The predicted octanol–water partition coefficient (Wildman–Crippen LogP) is 2.46. The first-order valence-electron chi connectivity index (χ1n) is 4.48. The Hall–Kier alpha value is -1.18. The number of hydrogen-bond donors (Lipinski definition) is 2. The lowest BCUT2D eigenvalue weighted by Crippen LogP contribution is -2.14. The van der Waals surface area contributed by atoms with Crippen LogP contribution in [0.25, 0.3) is 0 Å². The van der Waals surface area contributed by atoms with Gasteiger partial charge in [-0.05, 0) is 35.6 Å². The van der Waals surface area contributed by atoms with Gasteiger partial charge in [0.1, 0.15) is 0 Å². The molecule has 2 heteroatoms. The van der Waals surface area contributed by atoms with Gasteiger partial charge in [0.25, 0.3) is 0 Å². The number of nitrogens with two attached hydrogens (primary N) is 2. The number of hydrogen-bond acceptors (Lipinski definition) is 2. The second kappa shape index (κ2) is 2.95. The Labute approximate surface area is 79.9 Å². The van der Waals surface area contributed by atoms with Crippen molar-refractivity contribution in [2.45, 2.75) is 33.1 Å². The summed E-state index contributed by atoms with van der Waals surface area (Å²) in [5, 5.41) is 0. The van der Waals surface area contributed by atoms with Gasteiger partial charge in [0.2, 0.25) is 0 Å². The molecule has 0 radical (unpaired) electrons. The molecular formula is C11H18N2. The van der Waals surface area contributed by atoms with Crippen LogP contribution >= 0.6 is 0 Å². The molecule has 0 aliphatic rings. The van der Waals surface area contributed by atoms with Crippen LogP contribution < -0.4 is 11.5 Å². The highest BCUT2D eigenvalue weighted by Crippen LogP contribution is 2.30. The molecule has 0 saturated carbocycles. The van der Waals surface area contributed by atoms with Crippen LogP contribution in [0.4, 0.5) is 11.4 Å². The Morgan fingerprint density at radius 2 is 1.46 bits per heavy atom. The lowest BCUT2D eigenvalue weighted by atomic mass is 9.83. The molecule has 72 valence electrons. The highest BCUT2D eigenvalue weighted by atomic mass is 14.7. The molecule has 0 fully saturated rings. The van der Waals surface area contributed by atoms with E-state index in [2.05, 4.69) is 27.7 Å². The summed E-state index contributed by atoms with van der Waals surface area (Å²) >= 11 is 0. The standard InChI is InChI=1S/C11H18N2/c1-7-5-9(12)10(13)6-8(7)11(2,3)4/h5-6H,12-13H2,1-4H3. The Morgan fingerprint density at radius 3 is 1.92 bits per heavy atom. The summed E-state index contributed by atoms with van der Waals surface area (Å²) in [6, 6.07) is 3.92. The fraction of sp³-hybridized carbons (Fsp3) is 0.455. The van der Waals surface area contributed by atoms with Crippen molar-refractivity contribution < 1.29 is 0 Å². The minimum absolute atomic E-state index is 0.131. The molecule has 0 amide bonds. The molecule has 4 N–H and O–H groups in total. The van der Waals surface area contributed by atoms with Gasteiger partial charge in [0.05, 0.1) is 11.4 Å². The number of anilines is 2. The maximum absolute atomic E-state index is 5.76. The SMILES string of the molecule is Cc1cc(N)c(N)cc1C(C)(C)C. The van der Waals surface area contributed by atoms with E-state index in [1.54, 1.807) is 0 Å². The molecule has 0 aliphatic heterocycles. The quantitative estimate of drug-likeness (QED) is 0.599. The van der Waals surface area contributed by atoms with Crippen LogP contribution in [0.15, 0.2) is 12.1 Å². The first-order valence-corrected chi connectivity index (χ1v) is 4.48. The average molecular weight is 178 g/mol. The summed E-state index contributed by atoms with van der Waals surface area (Å²) in [6.45, 7) is 8.58. The largest absolute Gasteiger partial charge is 0.397 e. The molecule has 0 saturated heterocycles. The molecule has 0 spiro atoms. The molecule has 1 aromatic rings. The van der Waals surface area contributed by atoms with Gasteiger partial charge >= 0.3 is 0 Å². The maximum Gasteiger partial charge on any atom is 0.0550 e. The van der Waals surface area contributed by atoms with Crippen LogP contribution in [0, 0.1) is 6.92 Å². The highest BCUT2D eigenvalue weighted by molar-refractivity contribution is 5.66. The zero-order valence-electron chi connectivity index (χ0n) is 8.81. The van der Waals surface area contributed by atoms with Gasteiger partial charge in [0.15, 0.2) is 0 Å². The summed E-state index contributed by atoms with van der Waals surface area (Å²) in [4.78, 5) is 0. The van der Waals surface area contributed by atoms with Gasteiger partial charge in [-0.15, -0.1) is 0 Å². The number of aryl methyl sites for hydroxylation is 1. The molecule has 1 aromatic carbocycles. The fourth-order valence-corrected chi connectivity index (χ4v) is 1.56. The van der Waals surface area contributed by atoms with E-state index in [0.717, 1.165) is 0 Å². The number of rotatable bonds is 0. The first kappa shape index (κ1) is 9.90. The first-order chi connectivity index (χ1) is 5.82. The van der Waals surface area contributed by atoms with Gasteiger partial charge in [-0.2, -0.15) is 0 Å². The van der Waals surface area contributed by atoms with Gasteiger partial charge in [-0.3, -0.25) is 0 Å². The van der Waals surface area contributed by atoms with Crippen molar-refractivity contribution >= 4 is 11.4 Å². The zero-order valence-corrected chi connectivity index (χ0v) is 8.81. The molecule has 0 heterocycles. The number of benzene rings is 1. The normalized spacial score (nSPS) is 11.7. The van der Waals surface area contributed by atoms with Crippen LogP contribution in [-0.2, 0) is 5.41 Å². The second-order valence-electron chi connectivity index (χ2n) is 4.55. The van der Waals surface area contributed by atoms with E-state index < -0.39 is 0 Å². The molecule has 13 heavy (non-hydrogen) atoms. The van der Waals surface area contributed by atoms with E-state index in [0.29, 0.717) is 11.4 Å². The molecular weight excluding hydrogens is 160 g/mol. The predicted molar refractivity (Wildman–Crippen MR) is 58.7 cm³/mol. The van der Waals surface area contributed by atoms with Crippen LogP contribution in [-0.4, -0.2) is 0 Å². The molecule has 2 nitrogen and oxygen atoms in total. The van der Waals surface area contributed by atoms with Crippen LogP contribution in [0.1, 0.15) is 31.9 Å². The van der Waals surface area contributed by atoms with Crippen LogP contribution in [0.5, 0.6) is 0 Å². The van der Waals surface area contributed by atoms with Gasteiger partial charge in [-0.1, -0.05) is 20.8 Å². The summed E-state index contributed by atoms with van der Waals surface area (Å²) < 4.78 is 0. The zero-order chi connectivity index (χ0) is 10.2. The Balaban J connectivity index is 3.32. The minimum atomic E-state index is 0.131. The van der Waals surface area contributed by atoms with E-state index in [9.17, 15) is 0 Å². The van der Waals surface area contributed by atoms with Crippen molar-refractivity contribution in [2.75, 3.05) is 11.5 Å². The fourth-order valence-electron chi connectivity index (χ4n) is 1.56. The van der Waals surface area contributed by atoms with E-state index in [-0.39, 0.29) is 5.41 Å². The molecule has 0 aromatic heterocycles. The van der Waals surface area contributed by atoms with Crippen LogP contribution in [0.2, 0.25) is 0 Å². The monoisotopic (exact) mass is 178 g/mol. The van der Waals surface area contributed by atoms with Crippen molar-refractivity contribution in [3.63, 3.8) is 0 Å². The minimum Gasteiger partial charge on any atom is -0.397 e. The Bertz CT molecular complexity index is 322. The van der Waals surface area contributed by atoms with Crippen LogP contribution in [0.3, 0.4) is 0 Å². The lowest BCUT2D eigenvalue weighted by molar-refractivity contribution is 0.586. The third-order valence-corrected chi connectivity index (χ3v) is 2.24. The van der Waals surface area contributed by atoms with Crippen molar-refractivity contribution in [3.8, 4) is 0 Å². The highest BCUT2D eigenvalue weighted by Gasteiger charge is 2.17. The summed E-state index contributed by atoms with van der Waals surface area (Å²) in [6.07, 6.45) is 0. The summed E-state index contributed by atoms with van der Waals surface area (Å²) in [5.41, 5.74) is 15.4. The molecule has 0 aliphatic carbocycles. The van der Waals surface area contributed by atoms with E-state index in [4.69, 9.17) is 11.5 Å². The maximum atomic E-state index is 5.76. The molecule has 0 bridgehead atoms. The van der Waals surface area contributed by atoms with Crippen molar-refractivity contribution in [2.24, 2.45) is 0 Å². The lowest BCUT2D eigenvalue weighted by Gasteiger charge is -2.22. The summed E-state index contributed by atoms with van der Waals surface area (Å²) in [5.74, 6) is 0. The molecule has 0 atom stereocenters. The van der Waals surface area contributed by atoms with E-state index >= 15 is 0 Å². The topological polar surface area (TPSA) is 52.0 Å². The average Bonchev–Trinajstić information content (AvgIpc) is 1.94. The smallest absolute Gasteiger partial charge is 0.0550 e. The Kier molecular flexibility index (Phi) is 2.24. The van der Waals surface area contributed by atoms with E-state index in [1.165, 1.54) is 11.1 Å². The Morgan fingerprint density at radius 1 is 1.00 bits per heavy atom. The molecule has 0 unspecified atom stereocenters. The van der Waals surface area contributed by atoms with Gasteiger partial charge in [0, 0.05) is 0 Å². The molecule has 1 rings (SSSR count). The summed E-state index contributed by atoms with van der Waals surface area (Å²) in [7, 11) is 0. The second-order valence-corrected chi connectivity index (χ2v) is 4.55. The third kappa shape index (κ3) is 1.94. The van der Waals surface area contributed by atoms with Gasteiger partial charge < -0.3 is 11.5 Å². The van der Waals surface area contributed by atoms with Crippen molar-refractivity contribution in [1.29, 1.82) is 0 Å². The van der Waals surface area contributed by atoms with Gasteiger partial charge in [-0.25, -0.2) is 0 Å². The van der Waals surface area contributed by atoms with Crippen molar-refractivity contribution in [1.82, 2.24) is 0 Å².